The van der Waals surface area contributed by atoms with Crippen LogP contribution in [-0.4, -0.2) is 47.5 Å². The van der Waals surface area contributed by atoms with E-state index in [-0.39, 0.29) is 18.0 Å². The van der Waals surface area contributed by atoms with Crippen LogP contribution in [0.4, 0.5) is 4.79 Å². The van der Waals surface area contributed by atoms with Gasteiger partial charge in [-0.05, 0) is 32.4 Å². The molecule has 5 nitrogen and oxygen atoms in total. The van der Waals surface area contributed by atoms with Crippen LogP contribution < -0.4 is 5.32 Å². The molecule has 0 aromatic heterocycles. The van der Waals surface area contributed by atoms with Gasteiger partial charge in [-0.3, -0.25) is 14.6 Å². The number of hydrogen-bond acceptors (Lipinski definition) is 3. The van der Waals surface area contributed by atoms with Crippen LogP contribution in [-0.2, 0) is 4.79 Å². The van der Waals surface area contributed by atoms with Gasteiger partial charge in [-0.25, -0.2) is 4.79 Å². The maximum absolute atomic E-state index is 12.2. The second-order valence-corrected chi connectivity index (χ2v) is 6.34. The maximum Gasteiger partial charge on any atom is 0.325 e. The van der Waals surface area contributed by atoms with Crippen molar-refractivity contribution in [3.8, 4) is 0 Å². The number of rotatable bonds is 7. The molecule has 1 atom stereocenters. The third-order valence-corrected chi connectivity index (χ3v) is 4.49. The molecule has 2 rings (SSSR count). The van der Waals surface area contributed by atoms with Crippen molar-refractivity contribution in [1.82, 2.24) is 15.1 Å². The van der Waals surface area contributed by atoms with Gasteiger partial charge in [-0.2, -0.15) is 0 Å². The lowest BCUT2D eigenvalue weighted by Crippen LogP contribution is -2.57. The van der Waals surface area contributed by atoms with Gasteiger partial charge < -0.3 is 5.32 Å². The molecule has 120 valence electrons. The Bertz CT molecular complexity index is 335. The van der Waals surface area contributed by atoms with Crippen LogP contribution in [0.25, 0.3) is 0 Å². The van der Waals surface area contributed by atoms with E-state index in [1.54, 1.807) is 0 Å². The van der Waals surface area contributed by atoms with Crippen molar-refractivity contribution >= 4 is 11.9 Å². The van der Waals surface area contributed by atoms with E-state index in [0.717, 1.165) is 25.9 Å². The molecule has 2 aliphatic heterocycles. The summed E-state index contributed by atoms with van der Waals surface area (Å²) < 4.78 is 0. The molecule has 0 aliphatic carbocycles. The molecular formula is C16H29N3O2. The van der Waals surface area contributed by atoms with E-state index in [9.17, 15) is 9.59 Å². The summed E-state index contributed by atoms with van der Waals surface area (Å²) in [5.41, 5.74) is 0. The van der Waals surface area contributed by atoms with Crippen molar-refractivity contribution in [2.24, 2.45) is 0 Å². The lowest BCUT2D eigenvalue weighted by Gasteiger charge is -2.36. The topological polar surface area (TPSA) is 52.7 Å². The van der Waals surface area contributed by atoms with E-state index in [4.69, 9.17) is 0 Å². The Morgan fingerprint density at radius 2 is 1.86 bits per heavy atom. The maximum atomic E-state index is 12.2. The summed E-state index contributed by atoms with van der Waals surface area (Å²) >= 11 is 0. The number of nitrogens with one attached hydrogen (secondary N) is 1. The number of imide groups is 1. The predicted octanol–water partition coefficient (Wildman–Crippen LogP) is 2.71. The van der Waals surface area contributed by atoms with E-state index in [0.29, 0.717) is 13.1 Å². The molecule has 0 spiro atoms. The molecule has 0 unspecified atom stereocenters. The van der Waals surface area contributed by atoms with Gasteiger partial charge in [0.25, 0.3) is 0 Å². The van der Waals surface area contributed by atoms with Crippen LogP contribution >= 0.6 is 0 Å². The highest BCUT2D eigenvalue weighted by Gasteiger charge is 2.32. The number of hydrogen-bond donors (Lipinski definition) is 1. The molecule has 0 aromatic rings. The summed E-state index contributed by atoms with van der Waals surface area (Å²) in [6, 6.07) is -0.156. The molecule has 0 bridgehead atoms. The number of carbonyl (C=O) groups excluding carboxylic acids is 2. The number of piperidine rings is 1. The Labute approximate surface area is 128 Å². The average Bonchev–Trinajstić information content (AvgIpc) is 2.48. The zero-order valence-corrected chi connectivity index (χ0v) is 13.3. The van der Waals surface area contributed by atoms with Crippen molar-refractivity contribution in [2.45, 2.75) is 70.8 Å². The minimum atomic E-state index is -0.197. The van der Waals surface area contributed by atoms with Crippen molar-refractivity contribution in [1.29, 1.82) is 0 Å². The van der Waals surface area contributed by atoms with E-state index in [1.165, 1.54) is 43.4 Å². The minimum Gasteiger partial charge on any atom is -0.334 e. The Hall–Kier alpha value is -1.10. The molecule has 0 radical (unpaired) electrons. The average molecular weight is 295 g/mol. The summed E-state index contributed by atoms with van der Waals surface area (Å²) in [7, 11) is 0. The summed E-state index contributed by atoms with van der Waals surface area (Å²) in [5.74, 6) is -0.00943. The van der Waals surface area contributed by atoms with Crippen molar-refractivity contribution in [3.63, 3.8) is 0 Å². The van der Waals surface area contributed by atoms with Gasteiger partial charge in [0, 0.05) is 12.5 Å². The number of amides is 3. The molecule has 2 heterocycles. The molecule has 3 amide bonds. The van der Waals surface area contributed by atoms with Crippen molar-refractivity contribution in [3.05, 3.63) is 0 Å². The molecule has 21 heavy (non-hydrogen) atoms. The second-order valence-electron chi connectivity index (χ2n) is 6.34. The van der Waals surface area contributed by atoms with E-state index in [1.807, 2.05) is 0 Å². The number of unbranched alkanes of at least 4 members (excludes halogenated alkanes) is 3. The first kappa shape index (κ1) is 16.3. The summed E-state index contributed by atoms with van der Waals surface area (Å²) in [6.45, 7) is 4.65. The van der Waals surface area contributed by atoms with E-state index < -0.39 is 0 Å². The Kier molecular flexibility index (Phi) is 6.49. The molecule has 2 saturated heterocycles. The third kappa shape index (κ3) is 4.99. The quantitative estimate of drug-likeness (QED) is 0.735. The van der Waals surface area contributed by atoms with Crippen molar-refractivity contribution < 1.29 is 9.59 Å². The Morgan fingerprint density at radius 1 is 1.10 bits per heavy atom. The smallest absolute Gasteiger partial charge is 0.325 e. The van der Waals surface area contributed by atoms with Crippen molar-refractivity contribution in [2.75, 3.05) is 19.8 Å². The van der Waals surface area contributed by atoms with Crippen LogP contribution in [0.3, 0.4) is 0 Å². The Balaban J connectivity index is 1.76. The lowest BCUT2D eigenvalue weighted by molar-refractivity contribution is -0.132. The second kappa shape index (κ2) is 8.37. The van der Waals surface area contributed by atoms with Gasteiger partial charge in [0.2, 0.25) is 5.91 Å². The van der Waals surface area contributed by atoms with Gasteiger partial charge in [-0.15, -0.1) is 0 Å². The number of likely N-dealkylation sites (tertiary alicyclic amines) is 1. The Morgan fingerprint density at radius 3 is 2.52 bits per heavy atom. The zero-order chi connectivity index (χ0) is 15.1. The van der Waals surface area contributed by atoms with Crippen LogP contribution in [0.1, 0.15) is 64.7 Å². The fourth-order valence-electron chi connectivity index (χ4n) is 3.17. The van der Waals surface area contributed by atoms with Gasteiger partial charge in [0.1, 0.15) is 0 Å². The lowest BCUT2D eigenvalue weighted by atomic mass is 10.0. The van der Waals surface area contributed by atoms with Gasteiger partial charge in [0.15, 0.2) is 0 Å². The van der Waals surface area contributed by atoms with Crippen LogP contribution in [0.5, 0.6) is 0 Å². The van der Waals surface area contributed by atoms with E-state index >= 15 is 0 Å². The predicted molar refractivity (Wildman–Crippen MR) is 82.8 cm³/mol. The molecular weight excluding hydrogens is 266 g/mol. The fraction of sp³-hybridized carbons (Fsp3) is 0.875. The number of nitrogens with zero attached hydrogens (tertiary/aromatic N) is 2. The van der Waals surface area contributed by atoms with Gasteiger partial charge in [-0.1, -0.05) is 39.0 Å². The number of carbonyl (C=O) groups is 2. The normalized spacial score (nSPS) is 24.2. The molecule has 5 heteroatoms. The summed E-state index contributed by atoms with van der Waals surface area (Å²) in [5, 5.41) is 3.00. The highest BCUT2D eigenvalue weighted by Crippen LogP contribution is 2.16. The van der Waals surface area contributed by atoms with E-state index in [2.05, 4.69) is 17.1 Å². The first-order valence-corrected chi connectivity index (χ1v) is 8.54. The van der Waals surface area contributed by atoms with Crippen LogP contribution in [0, 0.1) is 0 Å². The highest BCUT2D eigenvalue weighted by molar-refractivity contribution is 5.97. The number of urea groups is 1. The first-order chi connectivity index (χ1) is 10.2. The highest BCUT2D eigenvalue weighted by atomic mass is 16.2. The van der Waals surface area contributed by atoms with Crippen LogP contribution in [0.15, 0.2) is 0 Å². The van der Waals surface area contributed by atoms with Crippen LogP contribution in [0.2, 0.25) is 0 Å². The summed E-state index contributed by atoms with van der Waals surface area (Å²) in [6.07, 6.45) is 9.71. The molecule has 0 aromatic carbocycles. The molecule has 2 aliphatic rings. The molecule has 1 N–H and O–H groups in total. The first-order valence-electron chi connectivity index (χ1n) is 8.54. The standard InChI is InChI=1S/C16H29N3O2/c1-2-3-4-6-9-14-12-15(20)19(16(21)17-14)13-18-10-7-5-8-11-18/h14H,2-13H2,1H3,(H,17,21)/t14-/m0/s1. The molecule has 2 fully saturated rings. The fourth-order valence-corrected chi connectivity index (χ4v) is 3.17. The largest absolute Gasteiger partial charge is 0.334 e. The zero-order valence-electron chi connectivity index (χ0n) is 13.3. The minimum absolute atomic E-state index is 0.00943. The SMILES string of the molecule is CCCCCC[C@H]1CC(=O)N(CN2CCCCC2)C(=O)N1. The monoisotopic (exact) mass is 295 g/mol. The van der Waals surface area contributed by atoms with Gasteiger partial charge in [0.05, 0.1) is 6.67 Å². The third-order valence-electron chi connectivity index (χ3n) is 4.49. The molecule has 0 saturated carbocycles. The van der Waals surface area contributed by atoms with Gasteiger partial charge >= 0.3 is 6.03 Å². The summed E-state index contributed by atoms with van der Waals surface area (Å²) in [4.78, 5) is 28.0.